The number of hydrogen-bond acceptors (Lipinski definition) is 4. The quantitative estimate of drug-likeness (QED) is 0.693. The van der Waals surface area contributed by atoms with E-state index in [4.69, 9.17) is 5.11 Å². The molecule has 0 bridgehead atoms. The zero-order valence-corrected chi connectivity index (χ0v) is 11.7. The third-order valence-electron chi connectivity index (χ3n) is 2.34. The molecular formula is C13H16N2O3S. The summed E-state index contributed by atoms with van der Waals surface area (Å²) in [6.45, 7) is 1.96. The third kappa shape index (κ3) is 4.73. The maximum atomic E-state index is 11.8. The Morgan fingerprint density at radius 2 is 2.21 bits per heavy atom. The number of nitrogens with one attached hydrogen (secondary N) is 2. The SMILES string of the molecule is CNC(=O)CCNC(=O)c1cc(C)c(C#CCO)s1. The number of aryl methyl sites for hydroxylation is 1. The lowest BCUT2D eigenvalue weighted by Gasteiger charge is -2.02. The van der Waals surface area contributed by atoms with Gasteiger partial charge in [0.1, 0.15) is 6.61 Å². The average Bonchev–Trinajstić information content (AvgIpc) is 2.77. The maximum absolute atomic E-state index is 11.8. The summed E-state index contributed by atoms with van der Waals surface area (Å²) in [7, 11) is 1.55. The first-order chi connectivity index (χ1) is 9.08. The molecule has 0 atom stereocenters. The fourth-order valence-corrected chi connectivity index (χ4v) is 2.30. The molecular weight excluding hydrogens is 264 g/mol. The van der Waals surface area contributed by atoms with Crippen LogP contribution < -0.4 is 10.6 Å². The highest BCUT2D eigenvalue weighted by atomic mass is 32.1. The molecule has 0 saturated heterocycles. The van der Waals surface area contributed by atoms with Crippen LogP contribution in [0.25, 0.3) is 0 Å². The smallest absolute Gasteiger partial charge is 0.261 e. The monoisotopic (exact) mass is 280 g/mol. The summed E-state index contributed by atoms with van der Waals surface area (Å²) in [4.78, 5) is 24.1. The van der Waals surface area contributed by atoms with E-state index in [0.29, 0.717) is 11.4 Å². The zero-order chi connectivity index (χ0) is 14.3. The van der Waals surface area contributed by atoms with Crippen LogP contribution in [0.1, 0.15) is 26.5 Å². The molecule has 0 saturated carbocycles. The molecule has 0 unspecified atom stereocenters. The Morgan fingerprint density at radius 1 is 1.47 bits per heavy atom. The molecule has 0 aromatic carbocycles. The van der Waals surface area contributed by atoms with Crippen LogP contribution in [-0.2, 0) is 4.79 Å². The van der Waals surface area contributed by atoms with E-state index < -0.39 is 0 Å². The number of aliphatic hydroxyl groups excluding tert-OH is 1. The highest BCUT2D eigenvalue weighted by molar-refractivity contribution is 7.14. The molecule has 5 nitrogen and oxygen atoms in total. The molecule has 0 aliphatic carbocycles. The first-order valence-electron chi connectivity index (χ1n) is 5.77. The van der Waals surface area contributed by atoms with Crippen molar-refractivity contribution in [2.75, 3.05) is 20.2 Å². The Morgan fingerprint density at radius 3 is 2.84 bits per heavy atom. The van der Waals surface area contributed by atoms with E-state index in [9.17, 15) is 9.59 Å². The van der Waals surface area contributed by atoms with Crippen molar-refractivity contribution in [1.82, 2.24) is 10.6 Å². The van der Waals surface area contributed by atoms with Crippen LogP contribution >= 0.6 is 11.3 Å². The van der Waals surface area contributed by atoms with E-state index >= 15 is 0 Å². The Bertz CT molecular complexity index is 526. The van der Waals surface area contributed by atoms with Crippen LogP contribution in [0.3, 0.4) is 0 Å². The van der Waals surface area contributed by atoms with Crippen molar-refractivity contribution in [3.05, 3.63) is 21.4 Å². The summed E-state index contributed by atoms with van der Waals surface area (Å²) in [5.41, 5.74) is 0.905. The van der Waals surface area contributed by atoms with Crippen molar-refractivity contribution in [1.29, 1.82) is 0 Å². The predicted molar refractivity (Wildman–Crippen MR) is 74.0 cm³/mol. The summed E-state index contributed by atoms with van der Waals surface area (Å²) in [6, 6.07) is 1.75. The fraction of sp³-hybridized carbons (Fsp3) is 0.385. The van der Waals surface area contributed by atoms with Gasteiger partial charge in [-0.2, -0.15) is 0 Å². The van der Waals surface area contributed by atoms with Crippen LogP contribution in [0.2, 0.25) is 0 Å². The molecule has 0 fully saturated rings. The van der Waals surface area contributed by atoms with E-state index in [2.05, 4.69) is 22.5 Å². The maximum Gasteiger partial charge on any atom is 0.261 e. The molecule has 1 rings (SSSR count). The van der Waals surface area contributed by atoms with Gasteiger partial charge >= 0.3 is 0 Å². The summed E-state index contributed by atoms with van der Waals surface area (Å²) in [6.07, 6.45) is 0.254. The van der Waals surface area contributed by atoms with Gasteiger partial charge in [-0.3, -0.25) is 9.59 Å². The number of thiophene rings is 1. The summed E-state index contributed by atoms with van der Waals surface area (Å²) >= 11 is 1.27. The number of aliphatic hydroxyl groups is 1. The Labute approximate surface area is 116 Å². The lowest BCUT2D eigenvalue weighted by Crippen LogP contribution is -2.28. The van der Waals surface area contributed by atoms with Crippen molar-refractivity contribution in [2.45, 2.75) is 13.3 Å². The highest BCUT2D eigenvalue weighted by Crippen LogP contribution is 2.20. The van der Waals surface area contributed by atoms with Crippen molar-refractivity contribution in [3.63, 3.8) is 0 Å². The Balaban J connectivity index is 2.60. The number of carbonyl (C=O) groups is 2. The number of amides is 2. The normalized spacial score (nSPS) is 9.42. The zero-order valence-electron chi connectivity index (χ0n) is 10.9. The fourth-order valence-electron chi connectivity index (χ4n) is 1.34. The van der Waals surface area contributed by atoms with Gasteiger partial charge in [-0.05, 0) is 18.6 Å². The van der Waals surface area contributed by atoms with Gasteiger partial charge in [0.25, 0.3) is 5.91 Å². The van der Waals surface area contributed by atoms with Crippen molar-refractivity contribution < 1.29 is 14.7 Å². The van der Waals surface area contributed by atoms with Gasteiger partial charge in [-0.25, -0.2) is 0 Å². The van der Waals surface area contributed by atoms with Gasteiger partial charge in [-0.15, -0.1) is 11.3 Å². The molecule has 0 spiro atoms. The van der Waals surface area contributed by atoms with Crippen LogP contribution in [0.4, 0.5) is 0 Å². The molecule has 102 valence electrons. The number of carbonyl (C=O) groups excluding carboxylic acids is 2. The van der Waals surface area contributed by atoms with Crippen molar-refractivity contribution in [3.8, 4) is 11.8 Å². The third-order valence-corrected chi connectivity index (χ3v) is 3.49. The van der Waals surface area contributed by atoms with Gasteiger partial charge in [0.2, 0.25) is 5.91 Å². The molecule has 0 aliphatic rings. The second kappa shape index (κ2) is 7.56. The van der Waals surface area contributed by atoms with Gasteiger partial charge in [-0.1, -0.05) is 11.8 Å². The minimum absolute atomic E-state index is 0.114. The molecule has 6 heteroatoms. The van der Waals surface area contributed by atoms with E-state index in [1.165, 1.54) is 11.3 Å². The van der Waals surface area contributed by atoms with E-state index in [0.717, 1.165) is 10.4 Å². The molecule has 19 heavy (non-hydrogen) atoms. The molecule has 0 aliphatic heterocycles. The summed E-state index contributed by atoms with van der Waals surface area (Å²) in [5, 5.41) is 13.8. The topological polar surface area (TPSA) is 78.4 Å². The summed E-state index contributed by atoms with van der Waals surface area (Å²) in [5.74, 6) is 5.02. The van der Waals surface area contributed by atoms with Crippen LogP contribution in [-0.4, -0.2) is 37.1 Å². The van der Waals surface area contributed by atoms with E-state index in [1.54, 1.807) is 13.1 Å². The first kappa shape index (κ1) is 15.2. The molecule has 1 aromatic rings. The Hall–Kier alpha value is -1.84. The lowest BCUT2D eigenvalue weighted by molar-refractivity contribution is -0.120. The molecule has 1 aromatic heterocycles. The van der Waals surface area contributed by atoms with Crippen LogP contribution in [0, 0.1) is 18.8 Å². The molecule has 3 N–H and O–H groups in total. The van der Waals surface area contributed by atoms with Gasteiger partial charge in [0.15, 0.2) is 0 Å². The second-order valence-electron chi connectivity index (χ2n) is 3.76. The summed E-state index contributed by atoms with van der Waals surface area (Å²) < 4.78 is 0. The van der Waals surface area contributed by atoms with Gasteiger partial charge in [0, 0.05) is 20.0 Å². The predicted octanol–water partition coefficient (Wildman–Crippen LogP) is 0.266. The molecule has 1 heterocycles. The minimum Gasteiger partial charge on any atom is -0.384 e. The minimum atomic E-state index is -0.214. The second-order valence-corrected chi connectivity index (χ2v) is 4.81. The largest absolute Gasteiger partial charge is 0.384 e. The standard InChI is InChI=1S/C13H16N2O3S/c1-9-8-11(19-10(9)4-3-7-16)13(18)15-6-5-12(17)14-2/h8,16H,5-7H2,1-2H3,(H,14,17)(H,15,18). The first-order valence-corrected chi connectivity index (χ1v) is 6.59. The van der Waals surface area contributed by atoms with Crippen LogP contribution in [0.15, 0.2) is 6.07 Å². The van der Waals surface area contributed by atoms with Crippen LogP contribution in [0.5, 0.6) is 0 Å². The van der Waals surface area contributed by atoms with E-state index in [-0.39, 0.29) is 24.8 Å². The van der Waals surface area contributed by atoms with Gasteiger partial charge < -0.3 is 15.7 Å². The van der Waals surface area contributed by atoms with Crippen molar-refractivity contribution >= 4 is 23.2 Å². The van der Waals surface area contributed by atoms with Crippen molar-refractivity contribution in [2.24, 2.45) is 0 Å². The Kier molecular flexibility index (Phi) is 6.06. The molecule has 2 amide bonds. The average molecular weight is 280 g/mol. The molecule has 0 radical (unpaired) electrons. The number of hydrogen-bond donors (Lipinski definition) is 3. The number of rotatable bonds is 4. The van der Waals surface area contributed by atoms with E-state index in [1.807, 2.05) is 6.92 Å². The lowest BCUT2D eigenvalue weighted by atomic mass is 10.2. The highest BCUT2D eigenvalue weighted by Gasteiger charge is 2.11. The van der Waals surface area contributed by atoms with Gasteiger partial charge in [0.05, 0.1) is 9.75 Å².